The van der Waals surface area contributed by atoms with Gasteiger partial charge >= 0.3 is 0 Å². The van der Waals surface area contributed by atoms with Crippen LogP contribution in [0.3, 0.4) is 0 Å². The number of aromatic nitrogens is 6. The first-order chi connectivity index (χ1) is 21.3. The molecule has 0 fully saturated rings. The van der Waals surface area contributed by atoms with Gasteiger partial charge in [-0.15, -0.1) is 0 Å². The van der Waals surface area contributed by atoms with E-state index in [4.69, 9.17) is 24.9 Å². The van der Waals surface area contributed by atoms with Crippen molar-refractivity contribution in [2.45, 2.75) is 0 Å². The van der Waals surface area contributed by atoms with Gasteiger partial charge in [0.2, 0.25) is 0 Å². The average Bonchev–Trinajstić information content (AvgIpc) is 3.42. The Morgan fingerprint density at radius 1 is 0.465 bits per heavy atom. The van der Waals surface area contributed by atoms with Crippen LogP contribution in [0.1, 0.15) is 0 Å². The van der Waals surface area contributed by atoms with Crippen LogP contribution in [-0.4, -0.2) is 29.5 Å². The van der Waals surface area contributed by atoms with E-state index in [1.165, 1.54) is 0 Å². The highest BCUT2D eigenvalue weighted by atomic mass is 15.1. The van der Waals surface area contributed by atoms with Crippen LogP contribution >= 0.6 is 0 Å². The number of fused-ring (bicyclic) bond motifs is 7. The lowest BCUT2D eigenvalue weighted by atomic mass is 10.1. The zero-order chi connectivity index (χ0) is 28.3. The third-order valence-corrected chi connectivity index (χ3v) is 8.09. The second-order valence-corrected chi connectivity index (χ2v) is 10.6. The summed E-state index contributed by atoms with van der Waals surface area (Å²) in [7, 11) is 0. The normalized spacial score (nSPS) is 11.7. The highest BCUT2D eigenvalue weighted by Crippen LogP contribution is 2.36. The van der Waals surface area contributed by atoms with Crippen LogP contribution in [0.5, 0.6) is 0 Å². The van der Waals surface area contributed by atoms with Gasteiger partial charge in [0.1, 0.15) is 11.2 Å². The summed E-state index contributed by atoms with van der Waals surface area (Å²) in [6.45, 7) is 0. The van der Waals surface area contributed by atoms with Crippen LogP contribution in [-0.2, 0) is 0 Å². The smallest absolute Gasteiger partial charge is 0.164 e. The molecular weight excluding hydrogens is 528 g/mol. The lowest BCUT2D eigenvalue weighted by molar-refractivity contribution is 1.06. The molecule has 5 aromatic heterocycles. The number of rotatable bonds is 3. The molecule has 9 rings (SSSR count). The van der Waals surface area contributed by atoms with E-state index >= 15 is 0 Å². The minimum Gasteiger partial charge on any atom is -0.277 e. The third kappa shape index (κ3) is 3.63. The third-order valence-electron chi connectivity index (χ3n) is 8.09. The molecule has 4 aromatic carbocycles. The first kappa shape index (κ1) is 23.7. The standard InChI is InChI=1S/C37H22N6/c1-2-9-23(10-3-1)30-20-18-25-17-19-29-34(33(25)40-30)41-35(28-14-6-11-24-12-7-21-38-32(24)28)42-37(29)43-31-16-5-4-13-26(31)27-15-8-22-39-36(27)43/h1-22H. The Kier molecular flexibility index (Phi) is 5.10. The van der Waals surface area contributed by atoms with Crippen LogP contribution in [0.25, 0.3) is 83.1 Å². The van der Waals surface area contributed by atoms with Crippen molar-refractivity contribution >= 4 is 54.6 Å². The van der Waals surface area contributed by atoms with Crippen molar-refractivity contribution in [3.63, 3.8) is 0 Å². The number of pyridine rings is 3. The largest absolute Gasteiger partial charge is 0.277 e. The lowest BCUT2D eigenvalue weighted by Crippen LogP contribution is -2.04. The minimum atomic E-state index is 0.591. The molecule has 0 radical (unpaired) electrons. The fourth-order valence-corrected chi connectivity index (χ4v) is 6.11. The Morgan fingerprint density at radius 3 is 2.19 bits per heavy atom. The van der Waals surface area contributed by atoms with Crippen LogP contribution < -0.4 is 0 Å². The molecule has 0 aliphatic heterocycles. The Bertz CT molecular complexity index is 2460. The van der Waals surface area contributed by atoms with Crippen LogP contribution in [0, 0.1) is 0 Å². The van der Waals surface area contributed by atoms with Crippen molar-refractivity contribution in [3.8, 4) is 28.5 Å². The van der Waals surface area contributed by atoms with Gasteiger partial charge in [0.15, 0.2) is 11.6 Å². The zero-order valence-electron chi connectivity index (χ0n) is 22.9. The number of hydrogen-bond donors (Lipinski definition) is 0. The number of benzene rings is 4. The van der Waals surface area contributed by atoms with Gasteiger partial charge in [-0.2, -0.15) is 0 Å². The van der Waals surface area contributed by atoms with E-state index in [2.05, 4.69) is 83.4 Å². The number of hydrogen-bond acceptors (Lipinski definition) is 5. The Labute approximate surface area is 246 Å². The summed E-state index contributed by atoms with van der Waals surface area (Å²) < 4.78 is 2.16. The van der Waals surface area contributed by atoms with Crippen LogP contribution in [0.15, 0.2) is 134 Å². The minimum absolute atomic E-state index is 0.591. The van der Waals surface area contributed by atoms with E-state index in [0.29, 0.717) is 5.82 Å². The van der Waals surface area contributed by atoms with E-state index in [9.17, 15) is 0 Å². The number of para-hydroxylation sites is 2. The quantitative estimate of drug-likeness (QED) is 0.206. The predicted molar refractivity (Wildman–Crippen MR) is 173 cm³/mol. The molecule has 9 aromatic rings. The molecule has 0 aliphatic carbocycles. The summed E-state index contributed by atoms with van der Waals surface area (Å²) in [6.07, 6.45) is 3.65. The van der Waals surface area contributed by atoms with Gasteiger partial charge in [-0.1, -0.05) is 78.9 Å². The molecule has 0 spiro atoms. The summed E-state index contributed by atoms with van der Waals surface area (Å²) in [5, 5.41) is 5.14. The summed E-state index contributed by atoms with van der Waals surface area (Å²) in [4.78, 5) is 25.3. The monoisotopic (exact) mass is 550 g/mol. The fraction of sp³-hybridized carbons (Fsp3) is 0. The summed E-state index contributed by atoms with van der Waals surface area (Å²) >= 11 is 0. The maximum atomic E-state index is 5.30. The maximum Gasteiger partial charge on any atom is 0.164 e. The molecule has 6 nitrogen and oxygen atoms in total. The second-order valence-electron chi connectivity index (χ2n) is 10.6. The Morgan fingerprint density at radius 2 is 1.23 bits per heavy atom. The Hall–Kier alpha value is -6.01. The highest BCUT2D eigenvalue weighted by Gasteiger charge is 2.20. The average molecular weight is 551 g/mol. The molecule has 0 saturated carbocycles. The van der Waals surface area contributed by atoms with E-state index in [1.54, 1.807) is 0 Å². The second kappa shape index (κ2) is 9.26. The van der Waals surface area contributed by atoms with Gasteiger partial charge in [0.05, 0.1) is 22.2 Å². The molecule has 0 amide bonds. The van der Waals surface area contributed by atoms with E-state index < -0.39 is 0 Å². The molecule has 0 saturated heterocycles. The summed E-state index contributed by atoms with van der Waals surface area (Å²) in [5.41, 5.74) is 7.16. The topological polar surface area (TPSA) is 69.4 Å². The summed E-state index contributed by atoms with van der Waals surface area (Å²) in [6, 6.07) is 41.3. The molecule has 0 N–H and O–H groups in total. The predicted octanol–water partition coefficient (Wildman–Crippen LogP) is 8.55. The molecule has 0 bridgehead atoms. The van der Waals surface area contributed by atoms with E-state index in [-0.39, 0.29) is 0 Å². The Balaban J connectivity index is 1.45. The first-order valence-electron chi connectivity index (χ1n) is 14.2. The maximum absolute atomic E-state index is 5.30. The van der Waals surface area contributed by atoms with Crippen molar-refractivity contribution in [1.82, 2.24) is 29.5 Å². The van der Waals surface area contributed by atoms with Crippen LogP contribution in [0.4, 0.5) is 0 Å². The fourth-order valence-electron chi connectivity index (χ4n) is 6.11. The first-order valence-corrected chi connectivity index (χ1v) is 14.2. The van der Waals surface area contributed by atoms with Gasteiger partial charge in [0.25, 0.3) is 0 Å². The van der Waals surface area contributed by atoms with Crippen molar-refractivity contribution in [2.24, 2.45) is 0 Å². The molecule has 0 atom stereocenters. The molecule has 0 aliphatic rings. The van der Waals surface area contributed by atoms with Crippen molar-refractivity contribution in [2.75, 3.05) is 0 Å². The van der Waals surface area contributed by atoms with Gasteiger partial charge in [0, 0.05) is 50.5 Å². The van der Waals surface area contributed by atoms with Gasteiger partial charge in [-0.25, -0.2) is 19.9 Å². The molecule has 5 heterocycles. The van der Waals surface area contributed by atoms with E-state index in [1.807, 2.05) is 54.9 Å². The van der Waals surface area contributed by atoms with Crippen molar-refractivity contribution < 1.29 is 0 Å². The number of nitrogens with zero attached hydrogens (tertiary/aromatic N) is 6. The van der Waals surface area contributed by atoms with Gasteiger partial charge < -0.3 is 0 Å². The van der Waals surface area contributed by atoms with Gasteiger partial charge in [-0.3, -0.25) is 9.55 Å². The molecular formula is C37H22N6. The van der Waals surface area contributed by atoms with Crippen molar-refractivity contribution in [1.29, 1.82) is 0 Å². The van der Waals surface area contributed by atoms with Gasteiger partial charge in [-0.05, 0) is 42.5 Å². The lowest BCUT2D eigenvalue weighted by Gasteiger charge is -2.14. The SMILES string of the molecule is c1ccc(-c2ccc3ccc4c(-n5c6ccccc6c6cccnc65)nc(-c5cccc6cccnc56)nc4c3n2)cc1. The summed E-state index contributed by atoms with van der Waals surface area (Å²) in [5.74, 6) is 1.35. The molecule has 0 unspecified atom stereocenters. The molecule has 200 valence electrons. The molecule has 43 heavy (non-hydrogen) atoms. The van der Waals surface area contributed by atoms with E-state index in [0.717, 1.165) is 77.3 Å². The zero-order valence-corrected chi connectivity index (χ0v) is 22.9. The highest BCUT2D eigenvalue weighted by molar-refractivity contribution is 6.11. The van der Waals surface area contributed by atoms with Crippen molar-refractivity contribution in [3.05, 3.63) is 134 Å². The molecule has 6 heteroatoms. The van der Waals surface area contributed by atoms with Crippen LogP contribution in [0.2, 0.25) is 0 Å².